The van der Waals surface area contributed by atoms with Crippen molar-refractivity contribution < 1.29 is 24.5 Å². The molecule has 0 heterocycles. The molecule has 6 nitrogen and oxygen atoms in total. The number of carbonyl (C=O) groups is 2. The van der Waals surface area contributed by atoms with E-state index in [1.807, 2.05) is 0 Å². The minimum Gasteiger partial charge on any atom is -0.466 e. The van der Waals surface area contributed by atoms with E-state index in [0.717, 1.165) is 38.5 Å². The van der Waals surface area contributed by atoms with Crippen molar-refractivity contribution in [3.05, 3.63) is 0 Å². The van der Waals surface area contributed by atoms with Crippen LogP contribution in [0.5, 0.6) is 0 Å². The maximum absolute atomic E-state index is 12.6. The monoisotopic (exact) mass is 1200 g/mol. The third-order valence-corrected chi connectivity index (χ3v) is 19.2. The molecule has 0 radical (unpaired) electrons. The first-order valence-corrected chi connectivity index (χ1v) is 39.8. The number of hydrogen-bond acceptors (Lipinski definition) is 5. The van der Waals surface area contributed by atoms with Crippen LogP contribution in [0.15, 0.2) is 0 Å². The zero-order valence-electron chi connectivity index (χ0n) is 58.4. The van der Waals surface area contributed by atoms with Gasteiger partial charge in [0.25, 0.3) is 0 Å². The molecule has 0 rings (SSSR count). The quantitative estimate of drug-likeness (QED) is 0.0417. The second-order valence-electron chi connectivity index (χ2n) is 27.8. The van der Waals surface area contributed by atoms with Crippen molar-refractivity contribution >= 4 is 11.9 Å². The third kappa shape index (κ3) is 71.8. The third-order valence-electron chi connectivity index (χ3n) is 19.2. The minimum atomic E-state index is -0.660. The number of ether oxygens (including phenoxy) is 1. The van der Waals surface area contributed by atoms with Crippen LogP contribution in [0.4, 0.5) is 0 Å². The Morgan fingerprint density at radius 3 is 0.718 bits per heavy atom. The molecular weight excluding hydrogens is 1040 g/mol. The summed E-state index contributed by atoms with van der Waals surface area (Å²) < 4.78 is 5.48. The van der Waals surface area contributed by atoms with Crippen LogP contribution in [0, 0.1) is 0 Å². The van der Waals surface area contributed by atoms with E-state index in [0.29, 0.717) is 25.9 Å². The van der Waals surface area contributed by atoms with Crippen molar-refractivity contribution in [2.24, 2.45) is 0 Å². The van der Waals surface area contributed by atoms with Crippen molar-refractivity contribution in [3.8, 4) is 0 Å². The lowest BCUT2D eigenvalue weighted by molar-refractivity contribution is -0.143. The van der Waals surface area contributed by atoms with Crippen LogP contribution in [0.3, 0.4) is 0 Å². The summed E-state index contributed by atoms with van der Waals surface area (Å²) in [7, 11) is 0. The van der Waals surface area contributed by atoms with Gasteiger partial charge in [0.05, 0.1) is 25.4 Å². The maximum Gasteiger partial charge on any atom is 0.305 e. The molecule has 2 unspecified atom stereocenters. The topological polar surface area (TPSA) is 95.9 Å². The summed E-state index contributed by atoms with van der Waals surface area (Å²) in [5.41, 5.74) is 0. The highest BCUT2D eigenvalue weighted by atomic mass is 16.5. The van der Waals surface area contributed by atoms with Crippen molar-refractivity contribution in [1.29, 1.82) is 0 Å². The van der Waals surface area contributed by atoms with Gasteiger partial charge in [0.2, 0.25) is 5.91 Å². The Kier molecular flexibility index (Phi) is 74.3. The first-order valence-electron chi connectivity index (χ1n) is 39.8. The summed E-state index contributed by atoms with van der Waals surface area (Å²) in [5.74, 6) is 0.000957. The zero-order chi connectivity index (χ0) is 61.3. The van der Waals surface area contributed by atoms with Gasteiger partial charge >= 0.3 is 5.97 Å². The molecule has 0 aliphatic rings. The summed E-state index contributed by atoms with van der Waals surface area (Å²) in [6.07, 6.45) is 93.5. The molecule has 0 aromatic carbocycles. The van der Waals surface area contributed by atoms with Gasteiger partial charge < -0.3 is 20.3 Å². The molecule has 0 saturated heterocycles. The van der Waals surface area contributed by atoms with Crippen molar-refractivity contribution in [2.45, 2.75) is 482 Å². The van der Waals surface area contributed by atoms with Crippen LogP contribution >= 0.6 is 0 Å². The number of nitrogens with one attached hydrogen (secondary N) is 1. The van der Waals surface area contributed by atoms with Gasteiger partial charge in [-0.25, -0.2) is 0 Å². The zero-order valence-corrected chi connectivity index (χ0v) is 58.4. The Hall–Kier alpha value is -1.14. The van der Waals surface area contributed by atoms with E-state index in [-0.39, 0.29) is 18.5 Å². The summed E-state index contributed by atoms with van der Waals surface area (Å²) in [5, 5.41) is 23.4. The summed E-state index contributed by atoms with van der Waals surface area (Å²) >= 11 is 0. The molecule has 85 heavy (non-hydrogen) atoms. The number of amides is 1. The molecule has 3 N–H and O–H groups in total. The highest BCUT2D eigenvalue weighted by Crippen LogP contribution is 2.21. The molecule has 0 aliphatic carbocycles. The van der Waals surface area contributed by atoms with Crippen LogP contribution in [0.1, 0.15) is 470 Å². The lowest BCUT2D eigenvalue weighted by Gasteiger charge is -2.22. The number of rotatable bonds is 76. The first kappa shape index (κ1) is 83.9. The Labute approximate surface area is 534 Å². The fraction of sp³-hybridized carbons (Fsp3) is 0.975. The molecule has 0 fully saturated rings. The van der Waals surface area contributed by atoms with Gasteiger partial charge in [0, 0.05) is 12.8 Å². The molecule has 0 spiro atoms. The largest absolute Gasteiger partial charge is 0.466 e. The standard InChI is InChI=1S/C79H157NO5/c1-3-5-7-9-11-13-15-16-17-18-19-39-42-45-48-52-55-59-63-67-71-77(82)76(75-81)80-78(83)72-68-64-60-56-53-49-46-43-40-37-35-33-31-29-27-25-23-21-20-22-24-26-28-30-32-34-36-38-41-44-47-50-54-58-62-66-70-74-85-79(84)73-69-65-61-57-51-14-12-10-8-6-4-2/h76-77,81-82H,3-75H2,1-2H3,(H,80,83). The molecule has 0 bridgehead atoms. The van der Waals surface area contributed by atoms with E-state index in [4.69, 9.17) is 4.74 Å². The molecule has 0 aromatic heterocycles. The van der Waals surface area contributed by atoms with Gasteiger partial charge in [-0.05, 0) is 25.7 Å². The lowest BCUT2D eigenvalue weighted by Crippen LogP contribution is -2.45. The van der Waals surface area contributed by atoms with Gasteiger partial charge in [-0.3, -0.25) is 9.59 Å². The summed E-state index contributed by atoms with van der Waals surface area (Å²) in [6, 6.07) is -0.537. The molecule has 6 heteroatoms. The molecule has 1 amide bonds. The van der Waals surface area contributed by atoms with Gasteiger partial charge in [0.15, 0.2) is 0 Å². The van der Waals surface area contributed by atoms with Crippen molar-refractivity contribution in [2.75, 3.05) is 13.2 Å². The van der Waals surface area contributed by atoms with Crippen molar-refractivity contribution in [3.63, 3.8) is 0 Å². The molecule has 0 aromatic rings. The fourth-order valence-electron chi connectivity index (χ4n) is 13.1. The van der Waals surface area contributed by atoms with E-state index < -0.39 is 12.1 Å². The highest BCUT2D eigenvalue weighted by molar-refractivity contribution is 5.76. The molecular formula is C79H157NO5. The lowest BCUT2D eigenvalue weighted by atomic mass is 10.0. The average molecular weight is 1200 g/mol. The normalized spacial score (nSPS) is 12.4. The number of hydrogen-bond donors (Lipinski definition) is 3. The predicted octanol–water partition coefficient (Wildman–Crippen LogP) is 26.1. The average Bonchev–Trinajstić information content (AvgIpc) is 3.55. The Morgan fingerprint density at radius 2 is 0.482 bits per heavy atom. The smallest absolute Gasteiger partial charge is 0.305 e. The number of unbranched alkanes of at least 4 members (excludes halogenated alkanes) is 65. The summed E-state index contributed by atoms with van der Waals surface area (Å²) in [6.45, 7) is 5.01. The van der Waals surface area contributed by atoms with Crippen LogP contribution in [-0.4, -0.2) is 47.4 Å². The number of carbonyl (C=O) groups excluding carboxylic acids is 2. The second kappa shape index (κ2) is 75.3. The van der Waals surface area contributed by atoms with Gasteiger partial charge in [0.1, 0.15) is 0 Å². The first-order chi connectivity index (χ1) is 42.0. The van der Waals surface area contributed by atoms with E-state index >= 15 is 0 Å². The predicted molar refractivity (Wildman–Crippen MR) is 375 cm³/mol. The summed E-state index contributed by atoms with van der Waals surface area (Å²) in [4.78, 5) is 24.6. The molecule has 2 atom stereocenters. The maximum atomic E-state index is 12.6. The van der Waals surface area contributed by atoms with E-state index in [1.165, 1.54) is 398 Å². The Balaban J connectivity index is 3.30. The van der Waals surface area contributed by atoms with E-state index in [2.05, 4.69) is 19.2 Å². The highest BCUT2D eigenvalue weighted by Gasteiger charge is 2.20. The second-order valence-corrected chi connectivity index (χ2v) is 27.8. The van der Waals surface area contributed by atoms with Crippen LogP contribution in [0.2, 0.25) is 0 Å². The van der Waals surface area contributed by atoms with Crippen molar-refractivity contribution in [1.82, 2.24) is 5.32 Å². The SMILES string of the molecule is CCCCCCCCCCCCCCCCCCCCCCC(O)C(CO)NC(=O)CCCCCCCCCCCCCCCCCCCCCCCCCCCCCCCCCCCCCCCOC(=O)CCCCCCCCCCCCC. The molecule has 508 valence electrons. The van der Waals surface area contributed by atoms with E-state index in [1.54, 1.807) is 0 Å². The van der Waals surface area contributed by atoms with Gasteiger partial charge in [-0.1, -0.05) is 431 Å². The van der Waals surface area contributed by atoms with Crippen LogP contribution in [0.25, 0.3) is 0 Å². The molecule has 0 saturated carbocycles. The van der Waals surface area contributed by atoms with Crippen LogP contribution < -0.4 is 5.32 Å². The minimum absolute atomic E-state index is 0.0234. The number of aliphatic hydroxyl groups excluding tert-OH is 2. The van der Waals surface area contributed by atoms with Crippen LogP contribution in [-0.2, 0) is 14.3 Å². The van der Waals surface area contributed by atoms with Gasteiger partial charge in [-0.2, -0.15) is 0 Å². The number of aliphatic hydroxyl groups is 2. The Bertz CT molecular complexity index is 1240. The molecule has 0 aliphatic heterocycles. The fourth-order valence-corrected chi connectivity index (χ4v) is 13.1. The van der Waals surface area contributed by atoms with E-state index in [9.17, 15) is 19.8 Å². The number of esters is 1. The Morgan fingerprint density at radius 1 is 0.282 bits per heavy atom. The van der Waals surface area contributed by atoms with Gasteiger partial charge in [-0.15, -0.1) is 0 Å².